The van der Waals surface area contributed by atoms with Crippen LogP contribution in [0.1, 0.15) is 22.4 Å². The van der Waals surface area contributed by atoms with Crippen LogP contribution in [-0.4, -0.2) is 24.1 Å². The fourth-order valence-corrected chi connectivity index (χ4v) is 3.41. The van der Waals surface area contributed by atoms with Crippen molar-refractivity contribution in [3.05, 3.63) is 43.8 Å². The fraction of sp³-hybridized carbons (Fsp3) is 0.375. The highest BCUT2D eigenvalue weighted by molar-refractivity contribution is 7.11. The predicted molar refractivity (Wildman–Crippen MR) is 102 cm³/mol. The molecule has 0 atom stereocenters. The largest absolute Gasteiger partial charge is 0.433 e. The Bertz CT molecular complexity index is 771. The summed E-state index contributed by atoms with van der Waals surface area (Å²) >= 11 is 13.5. The molecule has 1 aromatic heterocycles. The van der Waals surface area contributed by atoms with E-state index in [0.717, 1.165) is 9.88 Å². The highest BCUT2D eigenvalue weighted by atomic mass is 35.5. The lowest BCUT2D eigenvalue weighted by Crippen LogP contribution is -2.36. The van der Waals surface area contributed by atoms with Gasteiger partial charge in [0.15, 0.2) is 5.96 Å². The van der Waals surface area contributed by atoms with E-state index in [9.17, 15) is 8.78 Å². The first kappa shape index (κ1) is 20.7. The van der Waals surface area contributed by atoms with Crippen LogP contribution in [0.25, 0.3) is 0 Å². The van der Waals surface area contributed by atoms with E-state index < -0.39 is 6.61 Å². The predicted octanol–water partition coefficient (Wildman–Crippen LogP) is 4.62. The van der Waals surface area contributed by atoms with E-state index in [1.807, 2.05) is 13.8 Å². The molecule has 10 heteroatoms. The van der Waals surface area contributed by atoms with Crippen molar-refractivity contribution in [1.29, 1.82) is 0 Å². The maximum absolute atomic E-state index is 12.6. The number of aromatic nitrogens is 1. The molecule has 0 saturated heterocycles. The molecule has 5 nitrogen and oxygen atoms in total. The number of nitrogens with zero attached hydrogens (tertiary/aromatic N) is 2. The molecule has 2 rings (SSSR count). The molecular weight excluding hydrogens is 405 g/mol. The first-order valence-corrected chi connectivity index (χ1v) is 9.32. The SMILES string of the molecule is CCNC(=NCc1cc(Cl)cc(Cl)c1OC(F)F)NCc1ncc(C)s1. The van der Waals surface area contributed by atoms with Crippen molar-refractivity contribution in [2.45, 2.75) is 33.5 Å². The molecule has 0 unspecified atom stereocenters. The Hall–Kier alpha value is -1.64. The van der Waals surface area contributed by atoms with Crippen LogP contribution in [0.3, 0.4) is 0 Å². The van der Waals surface area contributed by atoms with Gasteiger partial charge in [-0.05, 0) is 26.0 Å². The summed E-state index contributed by atoms with van der Waals surface area (Å²) in [5, 5.41) is 7.47. The molecule has 0 bridgehead atoms. The summed E-state index contributed by atoms with van der Waals surface area (Å²) in [7, 11) is 0. The van der Waals surface area contributed by atoms with E-state index >= 15 is 0 Å². The van der Waals surface area contributed by atoms with Gasteiger partial charge in [-0.2, -0.15) is 8.78 Å². The Balaban J connectivity index is 2.15. The smallest absolute Gasteiger partial charge is 0.387 e. The van der Waals surface area contributed by atoms with E-state index in [4.69, 9.17) is 23.2 Å². The topological polar surface area (TPSA) is 58.5 Å². The normalized spacial score (nSPS) is 11.7. The molecule has 0 aliphatic heterocycles. The molecule has 1 heterocycles. The Labute approximate surface area is 164 Å². The second-order valence-electron chi connectivity index (χ2n) is 5.17. The van der Waals surface area contributed by atoms with Crippen LogP contribution < -0.4 is 15.4 Å². The van der Waals surface area contributed by atoms with Crippen molar-refractivity contribution >= 4 is 40.5 Å². The highest BCUT2D eigenvalue weighted by Gasteiger charge is 2.15. The number of thiazole rings is 1. The van der Waals surface area contributed by atoms with Gasteiger partial charge in [0.25, 0.3) is 0 Å². The summed E-state index contributed by atoms with van der Waals surface area (Å²) in [5.41, 5.74) is 0.366. The molecule has 0 amide bonds. The van der Waals surface area contributed by atoms with Crippen molar-refractivity contribution in [1.82, 2.24) is 15.6 Å². The zero-order valence-corrected chi connectivity index (χ0v) is 16.5. The van der Waals surface area contributed by atoms with Crippen LogP contribution in [0, 0.1) is 6.92 Å². The molecule has 0 fully saturated rings. The number of aryl methyl sites for hydroxylation is 1. The van der Waals surface area contributed by atoms with Gasteiger partial charge >= 0.3 is 6.61 Å². The number of nitrogens with one attached hydrogen (secondary N) is 2. The third kappa shape index (κ3) is 6.26. The van der Waals surface area contributed by atoms with Crippen molar-refractivity contribution in [2.24, 2.45) is 4.99 Å². The van der Waals surface area contributed by atoms with Gasteiger partial charge in [-0.3, -0.25) is 0 Å². The Morgan fingerprint density at radius 1 is 1.35 bits per heavy atom. The van der Waals surface area contributed by atoms with Gasteiger partial charge in [0.1, 0.15) is 10.8 Å². The van der Waals surface area contributed by atoms with E-state index in [1.54, 1.807) is 17.5 Å². The average Bonchev–Trinajstić information content (AvgIpc) is 2.98. The number of hydrogen-bond acceptors (Lipinski definition) is 4. The standard InChI is InChI=1S/C16H18Cl2F2N4OS/c1-3-21-16(24-8-13-22-6-9(2)26-13)23-7-10-4-11(17)5-12(18)14(10)25-15(19)20/h4-6,15H,3,7-8H2,1-2H3,(H2,21,23,24). The summed E-state index contributed by atoms with van der Waals surface area (Å²) in [5.74, 6) is 0.390. The lowest BCUT2D eigenvalue weighted by molar-refractivity contribution is -0.0503. The molecule has 0 radical (unpaired) electrons. The number of ether oxygens (including phenoxy) is 1. The maximum atomic E-state index is 12.6. The first-order valence-electron chi connectivity index (χ1n) is 7.75. The Morgan fingerprint density at radius 3 is 2.73 bits per heavy atom. The Morgan fingerprint density at radius 2 is 2.12 bits per heavy atom. The summed E-state index contributed by atoms with van der Waals surface area (Å²) in [4.78, 5) is 9.77. The fourth-order valence-electron chi connectivity index (χ4n) is 2.10. The quantitative estimate of drug-likeness (QED) is 0.504. The monoisotopic (exact) mass is 422 g/mol. The van der Waals surface area contributed by atoms with Crippen LogP contribution >= 0.6 is 34.5 Å². The minimum atomic E-state index is -2.99. The van der Waals surface area contributed by atoms with Gasteiger partial charge in [0, 0.05) is 28.2 Å². The Kier molecular flexibility index (Phi) is 7.86. The van der Waals surface area contributed by atoms with E-state index in [-0.39, 0.29) is 17.3 Å². The van der Waals surface area contributed by atoms with Gasteiger partial charge in [-0.25, -0.2) is 9.98 Å². The number of halogens is 4. The molecule has 2 aromatic rings. The molecule has 26 heavy (non-hydrogen) atoms. The van der Waals surface area contributed by atoms with Crippen molar-refractivity contribution < 1.29 is 13.5 Å². The minimum absolute atomic E-state index is 0.0132. The molecule has 0 aliphatic carbocycles. The van der Waals surface area contributed by atoms with Crippen LogP contribution in [0.2, 0.25) is 10.0 Å². The number of hydrogen-bond donors (Lipinski definition) is 2. The van der Waals surface area contributed by atoms with Gasteiger partial charge in [-0.1, -0.05) is 23.2 Å². The second kappa shape index (κ2) is 9.89. The molecule has 0 saturated carbocycles. The molecule has 142 valence electrons. The van der Waals surface area contributed by atoms with E-state index in [1.165, 1.54) is 12.1 Å². The maximum Gasteiger partial charge on any atom is 0.387 e. The van der Waals surface area contributed by atoms with Gasteiger partial charge < -0.3 is 15.4 Å². The zero-order valence-electron chi connectivity index (χ0n) is 14.2. The average molecular weight is 423 g/mol. The number of benzene rings is 1. The number of guanidine groups is 1. The number of aliphatic imine (C=N–C) groups is 1. The van der Waals surface area contributed by atoms with Gasteiger partial charge in [0.2, 0.25) is 0 Å². The molecule has 0 spiro atoms. The van der Waals surface area contributed by atoms with Crippen LogP contribution in [-0.2, 0) is 13.1 Å². The van der Waals surface area contributed by atoms with E-state index in [2.05, 4.69) is 25.3 Å². The minimum Gasteiger partial charge on any atom is -0.433 e. The van der Waals surface area contributed by atoms with Crippen LogP contribution in [0.15, 0.2) is 23.3 Å². The van der Waals surface area contributed by atoms with Crippen molar-refractivity contribution in [2.75, 3.05) is 6.54 Å². The van der Waals surface area contributed by atoms with Gasteiger partial charge in [-0.15, -0.1) is 11.3 Å². The molecule has 0 aliphatic rings. The number of rotatable bonds is 7. The summed E-state index contributed by atoms with van der Waals surface area (Å²) < 4.78 is 29.8. The van der Waals surface area contributed by atoms with E-state index in [0.29, 0.717) is 29.6 Å². The summed E-state index contributed by atoms with van der Waals surface area (Å²) in [6, 6.07) is 2.85. The third-order valence-corrected chi connectivity index (χ3v) is 4.53. The zero-order chi connectivity index (χ0) is 19.1. The highest BCUT2D eigenvalue weighted by Crippen LogP contribution is 2.34. The summed E-state index contributed by atoms with van der Waals surface area (Å²) in [6.07, 6.45) is 1.80. The molecule has 1 aromatic carbocycles. The lowest BCUT2D eigenvalue weighted by atomic mass is 10.2. The van der Waals surface area contributed by atoms with Crippen LogP contribution in [0.4, 0.5) is 8.78 Å². The lowest BCUT2D eigenvalue weighted by Gasteiger charge is -2.13. The number of alkyl halides is 2. The second-order valence-corrected chi connectivity index (χ2v) is 7.33. The van der Waals surface area contributed by atoms with Crippen molar-refractivity contribution in [3.8, 4) is 5.75 Å². The molecular formula is C16H18Cl2F2N4OS. The summed E-state index contributed by atoms with van der Waals surface area (Å²) in [6.45, 7) is 2.12. The first-order chi connectivity index (χ1) is 12.4. The third-order valence-electron chi connectivity index (χ3n) is 3.12. The van der Waals surface area contributed by atoms with Gasteiger partial charge in [0.05, 0.1) is 18.1 Å². The molecule has 2 N–H and O–H groups in total. The van der Waals surface area contributed by atoms with Crippen LogP contribution in [0.5, 0.6) is 5.75 Å². The van der Waals surface area contributed by atoms with Crippen molar-refractivity contribution in [3.63, 3.8) is 0 Å².